The maximum atomic E-state index is 12.8. The standard InChI is InChI=1S/C24H24N2O2/c1-25(2)18-15-13-17(14-16-18)24(21-11-7-8-12-22(21)26(3)4)20-10-6-5-9-19(20)23(27)28-24/h5-16H,1-4H3. The number of benzene rings is 3. The van der Waals surface area contributed by atoms with Crippen LogP contribution in [0.1, 0.15) is 27.0 Å². The molecule has 0 amide bonds. The molecule has 4 heteroatoms. The van der Waals surface area contributed by atoms with E-state index in [0.717, 1.165) is 28.1 Å². The molecule has 4 nitrogen and oxygen atoms in total. The minimum Gasteiger partial charge on any atom is -0.440 e. The van der Waals surface area contributed by atoms with E-state index in [0.29, 0.717) is 5.56 Å². The van der Waals surface area contributed by atoms with E-state index in [1.165, 1.54) is 0 Å². The van der Waals surface area contributed by atoms with E-state index in [4.69, 9.17) is 4.74 Å². The van der Waals surface area contributed by atoms with Gasteiger partial charge in [0, 0.05) is 56.3 Å². The highest BCUT2D eigenvalue weighted by molar-refractivity contribution is 5.96. The molecule has 1 heterocycles. The Labute approximate surface area is 166 Å². The first-order valence-electron chi connectivity index (χ1n) is 9.32. The Hall–Kier alpha value is -3.27. The Morgan fingerprint density at radius 1 is 0.714 bits per heavy atom. The highest BCUT2D eigenvalue weighted by Crippen LogP contribution is 2.49. The van der Waals surface area contributed by atoms with Crippen LogP contribution >= 0.6 is 0 Å². The van der Waals surface area contributed by atoms with Gasteiger partial charge in [-0.3, -0.25) is 0 Å². The zero-order chi connectivity index (χ0) is 19.9. The molecular weight excluding hydrogens is 348 g/mol. The van der Waals surface area contributed by atoms with Crippen LogP contribution in [0.25, 0.3) is 0 Å². The number of para-hydroxylation sites is 1. The maximum absolute atomic E-state index is 12.8. The second-order valence-corrected chi connectivity index (χ2v) is 7.47. The quantitative estimate of drug-likeness (QED) is 0.640. The van der Waals surface area contributed by atoms with E-state index in [1.807, 2.05) is 70.7 Å². The highest BCUT2D eigenvalue weighted by atomic mass is 16.6. The number of carbonyl (C=O) groups excluding carboxylic acids is 1. The van der Waals surface area contributed by atoms with Gasteiger partial charge in [-0.2, -0.15) is 0 Å². The third-order valence-electron chi connectivity index (χ3n) is 5.33. The number of carbonyl (C=O) groups is 1. The minimum atomic E-state index is -0.973. The van der Waals surface area contributed by atoms with Gasteiger partial charge in [0.2, 0.25) is 0 Å². The molecule has 142 valence electrons. The summed E-state index contributed by atoms with van der Waals surface area (Å²) in [7, 11) is 8.03. The number of fused-ring (bicyclic) bond motifs is 1. The van der Waals surface area contributed by atoms with Crippen LogP contribution < -0.4 is 9.80 Å². The first-order chi connectivity index (χ1) is 13.4. The van der Waals surface area contributed by atoms with Crippen molar-refractivity contribution in [2.24, 2.45) is 0 Å². The summed E-state index contributed by atoms with van der Waals surface area (Å²) in [5.74, 6) is -0.291. The smallest absolute Gasteiger partial charge is 0.340 e. The second-order valence-electron chi connectivity index (χ2n) is 7.47. The van der Waals surface area contributed by atoms with Gasteiger partial charge < -0.3 is 14.5 Å². The molecule has 0 bridgehead atoms. The van der Waals surface area contributed by atoms with Gasteiger partial charge in [0.15, 0.2) is 5.60 Å². The van der Waals surface area contributed by atoms with Crippen LogP contribution in [0.2, 0.25) is 0 Å². The molecular formula is C24H24N2O2. The van der Waals surface area contributed by atoms with Gasteiger partial charge in [-0.15, -0.1) is 0 Å². The molecule has 1 unspecified atom stereocenters. The molecule has 0 fully saturated rings. The Morgan fingerprint density at radius 2 is 1.32 bits per heavy atom. The van der Waals surface area contributed by atoms with Gasteiger partial charge in [-0.05, 0) is 24.3 Å². The summed E-state index contributed by atoms with van der Waals surface area (Å²) < 4.78 is 6.20. The van der Waals surface area contributed by atoms with E-state index in [9.17, 15) is 4.79 Å². The molecule has 0 saturated carbocycles. The average molecular weight is 372 g/mol. The number of hydrogen-bond donors (Lipinski definition) is 0. The Morgan fingerprint density at radius 3 is 1.96 bits per heavy atom. The van der Waals surface area contributed by atoms with Crippen molar-refractivity contribution >= 4 is 17.3 Å². The summed E-state index contributed by atoms with van der Waals surface area (Å²) in [5.41, 5.74) is 4.53. The number of anilines is 2. The monoisotopic (exact) mass is 372 g/mol. The highest BCUT2D eigenvalue weighted by Gasteiger charge is 2.49. The maximum Gasteiger partial charge on any atom is 0.340 e. The van der Waals surface area contributed by atoms with Crippen molar-refractivity contribution in [2.45, 2.75) is 5.60 Å². The zero-order valence-corrected chi connectivity index (χ0v) is 16.6. The largest absolute Gasteiger partial charge is 0.440 e. The van der Waals surface area contributed by atoms with Crippen LogP contribution in [-0.2, 0) is 10.3 Å². The number of nitrogens with zero attached hydrogens (tertiary/aromatic N) is 2. The van der Waals surface area contributed by atoms with Crippen molar-refractivity contribution in [2.75, 3.05) is 38.0 Å². The fourth-order valence-electron chi connectivity index (χ4n) is 3.94. The van der Waals surface area contributed by atoms with Gasteiger partial charge in [0.25, 0.3) is 0 Å². The molecule has 0 N–H and O–H groups in total. The Kier molecular flexibility index (Phi) is 4.34. The van der Waals surface area contributed by atoms with Crippen molar-refractivity contribution in [1.82, 2.24) is 0 Å². The number of cyclic esters (lactones) is 1. The van der Waals surface area contributed by atoms with E-state index in [-0.39, 0.29) is 5.97 Å². The lowest BCUT2D eigenvalue weighted by Gasteiger charge is -2.33. The molecule has 0 aliphatic carbocycles. The third kappa shape index (κ3) is 2.64. The average Bonchev–Trinajstić information content (AvgIpc) is 3.02. The van der Waals surface area contributed by atoms with Gasteiger partial charge in [-0.1, -0.05) is 48.5 Å². The molecule has 1 atom stereocenters. The van der Waals surface area contributed by atoms with Crippen LogP contribution in [0.3, 0.4) is 0 Å². The molecule has 0 saturated heterocycles. The van der Waals surface area contributed by atoms with Crippen molar-refractivity contribution in [1.29, 1.82) is 0 Å². The fraction of sp³-hybridized carbons (Fsp3) is 0.208. The number of hydrogen-bond acceptors (Lipinski definition) is 4. The zero-order valence-electron chi connectivity index (χ0n) is 16.6. The normalized spacial score (nSPS) is 17.8. The van der Waals surface area contributed by atoms with Crippen LogP contribution in [-0.4, -0.2) is 34.2 Å². The van der Waals surface area contributed by atoms with E-state index in [2.05, 4.69) is 40.1 Å². The molecule has 0 spiro atoms. The summed E-state index contributed by atoms with van der Waals surface area (Å²) in [6, 6.07) is 24.0. The topological polar surface area (TPSA) is 32.8 Å². The van der Waals surface area contributed by atoms with Crippen molar-refractivity contribution in [3.8, 4) is 0 Å². The van der Waals surface area contributed by atoms with Crippen molar-refractivity contribution < 1.29 is 9.53 Å². The van der Waals surface area contributed by atoms with Crippen LogP contribution in [0, 0.1) is 0 Å². The molecule has 3 aromatic rings. The fourth-order valence-corrected chi connectivity index (χ4v) is 3.94. The summed E-state index contributed by atoms with van der Waals surface area (Å²) in [5, 5.41) is 0. The van der Waals surface area contributed by atoms with Gasteiger partial charge in [0.05, 0.1) is 5.56 Å². The molecule has 1 aliphatic rings. The van der Waals surface area contributed by atoms with E-state index < -0.39 is 5.60 Å². The summed E-state index contributed by atoms with van der Waals surface area (Å²) in [6.07, 6.45) is 0. The predicted molar refractivity (Wildman–Crippen MR) is 113 cm³/mol. The molecule has 28 heavy (non-hydrogen) atoms. The predicted octanol–water partition coefficient (Wildman–Crippen LogP) is 4.28. The van der Waals surface area contributed by atoms with Crippen molar-refractivity contribution in [3.05, 3.63) is 95.1 Å². The summed E-state index contributed by atoms with van der Waals surface area (Å²) in [6.45, 7) is 0. The molecule has 1 aliphatic heterocycles. The third-order valence-corrected chi connectivity index (χ3v) is 5.33. The first-order valence-corrected chi connectivity index (χ1v) is 9.32. The number of ether oxygens (including phenoxy) is 1. The van der Waals surface area contributed by atoms with Gasteiger partial charge >= 0.3 is 5.97 Å². The molecule has 0 radical (unpaired) electrons. The van der Waals surface area contributed by atoms with E-state index >= 15 is 0 Å². The Bertz CT molecular complexity index is 1020. The minimum absolute atomic E-state index is 0.291. The van der Waals surface area contributed by atoms with Gasteiger partial charge in [-0.25, -0.2) is 4.79 Å². The number of esters is 1. The lowest BCUT2D eigenvalue weighted by atomic mass is 9.79. The first kappa shape index (κ1) is 18.1. The molecule has 4 rings (SSSR count). The SMILES string of the molecule is CN(C)c1ccc(C2(c3ccccc3N(C)C)OC(=O)c3ccccc32)cc1. The Balaban J connectivity index is 2.03. The van der Waals surface area contributed by atoms with Gasteiger partial charge in [0.1, 0.15) is 0 Å². The summed E-state index contributed by atoms with van der Waals surface area (Å²) >= 11 is 0. The van der Waals surface area contributed by atoms with Crippen molar-refractivity contribution in [3.63, 3.8) is 0 Å². The van der Waals surface area contributed by atoms with Crippen LogP contribution in [0.15, 0.2) is 72.8 Å². The van der Waals surface area contributed by atoms with Crippen LogP contribution in [0.5, 0.6) is 0 Å². The lowest BCUT2D eigenvalue weighted by molar-refractivity contribution is 0.0253. The van der Waals surface area contributed by atoms with E-state index in [1.54, 1.807) is 0 Å². The molecule has 0 aromatic heterocycles. The lowest BCUT2D eigenvalue weighted by Crippen LogP contribution is -2.31. The summed E-state index contributed by atoms with van der Waals surface area (Å²) in [4.78, 5) is 17.0. The second kappa shape index (κ2) is 6.71. The van der Waals surface area contributed by atoms with Crippen LogP contribution in [0.4, 0.5) is 11.4 Å². The number of rotatable bonds is 4. The molecule has 3 aromatic carbocycles.